The van der Waals surface area contributed by atoms with Gasteiger partial charge in [0.25, 0.3) is 0 Å². The van der Waals surface area contributed by atoms with Crippen molar-refractivity contribution in [2.45, 2.75) is 63.8 Å². The van der Waals surface area contributed by atoms with Crippen LogP contribution in [-0.2, 0) is 0 Å². The SMILES string of the molecule is CCCC1CCC(c2ccc(OCCC[SiH2]O)cc2)CC1. The number of hydrogen-bond donors (Lipinski definition) is 1. The largest absolute Gasteiger partial charge is 0.494 e. The summed E-state index contributed by atoms with van der Waals surface area (Å²) in [6.45, 7) is 3.03. The van der Waals surface area contributed by atoms with E-state index in [1.165, 1.54) is 44.1 Å². The highest BCUT2D eigenvalue weighted by molar-refractivity contribution is 6.25. The molecule has 2 rings (SSSR count). The summed E-state index contributed by atoms with van der Waals surface area (Å²) < 4.78 is 5.71. The Labute approximate surface area is 131 Å². The van der Waals surface area contributed by atoms with Crippen LogP contribution in [0.1, 0.15) is 63.4 Å². The molecule has 0 bridgehead atoms. The molecule has 0 radical (unpaired) electrons. The third-order valence-corrected chi connectivity index (χ3v) is 5.53. The van der Waals surface area contributed by atoms with Gasteiger partial charge in [-0.15, -0.1) is 0 Å². The van der Waals surface area contributed by atoms with Crippen LogP contribution in [0.25, 0.3) is 0 Å². The van der Waals surface area contributed by atoms with Gasteiger partial charge in [-0.05, 0) is 67.7 Å². The van der Waals surface area contributed by atoms with Crippen molar-refractivity contribution in [3.63, 3.8) is 0 Å². The lowest BCUT2D eigenvalue weighted by molar-refractivity contribution is 0.306. The molecule has 118 valence electrons. The fourth-order valence-corrected chi connectivity index (χ4v) is 3.86. The van der Waals surface area contributed by atoms with Gasteiger partial charge in [0, 0.05) is 0 Å². The average molecular weight is 307 g/mol. The second-order valence-electron chi connectivity index (χ2n) is 6.35. The summed E-state index contributed by atoms with van der Waals surface area (Å²) in [5, 5.41) is 0. The van der Waals surface area contributed by atoms with Gasteiger partial charge in [-0.25, -0.2) is 0 Å². The number of hydrogen-bond acceptors (Lipinski definition) is 2. The first kappa shape index (κ1) is 16.6. The maximum atomic E-state index is 8.88. The van der Waals surface area contributed by atoms with E-state index in [9.17, 15) is 0 Å². The van der Waals surface area contributed by atoms with E-state index >= 15 is 0 Å². The molecule has 2 nitrogen and oxygen atoms in total. The molecular weight excluding hydrogens is 276 g/mol. The van der Waals surface area contributed by atoms with E-state index in [-0.39, 0.29) is 0 Å². The Morgan fingerprint density at radius 3 is 2.48 bits per heavy atom. The molecule has 1 N–H and O–H groups in total. The molecule has 0 spiro atoms. The second-order valence-corrected chi connectivity index (χ2v) is 7.51. The van der Waals surface area contributed by atoms with E-state index < -0.39 is 9.76 Å². The van der Waals surface area contributed by atoms with E-state index in [0.29, 0.717) is 0 Å². The fourth-order valence-electron chi connectivity index (χ4n) is 3.43. The van der Waals surface area contributed by atoms with Gasteiger partial charge < -0.3 is 9.53 Å². The molecule has 21 heavy (non-hydrogen) atoms. The minimum Gasteiger partial charge on any atom is -0.494 e. The predicted molar refractivity (Wildman–Crippen MR) is 91.7 cm³/mol. The lowest BCUT2D eigenvalue weighted by atomic mass is 9.77. The highest BCUT2D eigenvalue weighted by atomic mass is 28.2. The van der Waals surface area contributed by atoms with Crippen LogP contribution in [-0.4, -0.2) is 21.2 Å². The van der Waals surface area contributed by atoms with Crippen LogP contribution in [0.3, 0.4) is 0 Å². The molecule has 0 heterocycles. The molecule has 0 atom stereocenters. The predicted octanol–water partition coefficient (Wildman–Crippen LogP) is 4.02. The van der Waals surface area contributed by atoms with E-state index in [1.54, 1.807) is 0 Å². The number of ether oxygens (including phenoxy) is 1. The molecule has 1 aromatic rings. The molecule has 0 aliphatic heterocycles. The number of benzene rings is 1. The molecule has 1 saturated carbocycles. The summed E-state index contributed by atoms with van der Waals surface area (Å²) in [5.41, 5.74) is 1.49. The first-order chi connectivity index (χ1) is 10.3. The quantitative estimate of drug-likeness (QED) is 0.580. The first-order valence-electron chi connectivity index (χ1n) is 8.67. The Bertz CT molecular complexity index is 383. The van der Waals surface area contributed by atoms with Crippen LogP contribution in [0.15, 0.2) is 24.3 Å². The molecule has 1 aromatic carbocycles. The Kier molecular flexibility index (Phi) is 7.31. The van der Waals surface area contributed by atoms with Gasteiger partial charge >= 0.3 is 0 Å². The highest BCUT2D eigenvalue weighted by Crippen LogP contribution is 2.37. The van der Waals surface area contributed by atoms with Crippen molar-refractivity contribution in [2.75, 3.05) is 6.61 Å². The van der Waals surface area contributed by atoms with Crippen molar-refractivity contribution < 1.29 is 9.53 Å². The number of rotatable bonds is 8. The Morgan fingerprint density at radius 1 is 1.14 bits per heavy atom. The zero-order valence-corrected chi connectivity index (χ0v) is 14.8. The summed E-state index contributed by atoms with van der Waals surface area (Å²) in [4.78, 5) is 8.88. The lowest BCUT2D eigenvalue weighted by Gasteiger charge is -2.28. The van der Waals surface area contributed by atoms with E-state index in [4.69, 9.17) is 9.53 Å². The van der Waals surface area contributed by atoms with Gasteiger partial charge in [0.15, 0.2) is 9.76 Å². The highest BCUT2D eigenvalue weighted by Gasteiger charge is 2.21. The van der Waals surface area contributed by atoms with Gasteiger partial charge in [0.2, 0.25) is 0 Å². The molecule has 1 fully saturated rings. The van der Waals surface area contributed by atoms with Gasteiger partial charge in [0.1, 0.15) is 5.75 Å². The molecule has 0 unspecified atom stereocenters. The maximum absolute atomic E-state index is 8.88. The fraction of sp³-hybridized carbons (Fsp3) is 0.667. The molecule has 0 saturated heterocycles. The van der Waals surface area contributed by atoms with Crippen LogP contribution in [0.5, 0.6) is 5.75 Å². The summed E-state index contributed by atoms with van der Waals surface area (Å²) in [6.07, 6.45) is 9.24. The lowest BCUT2D eigenvalue weighted by Crippen LogP contribution is -2.13. The van der Waals surface area contributed by atoms with E-state index in [1.807, 2.05) is 0 Å². The normalized spacial score (nSPS) is 22.8. The topological polar surface area (TPSA) is 29.5 Å². The Morgan fingerprint density at radius 2 is 1.86 bits per heavy atom. The minimum absolute atomic E-state index is 0.731. The minimum atomic E-state index is -0.795. The zero-order valence-electron chi connectivity index (χ0n) is 13.4. The Balaban J connectivity index is 1.77. The molecule has 1 aliphatic carbocycles. The van der Waals surface area contributed by atoms with Crippen LogP contribution in [0.2, 0.25) is 6.04 Å². The summed E-state index contributed by atoms with van der Waals surface area (Å²) in [6, 6.07) is 9.69. The van der Waals surface area contributed by atoms with E-state index in [0.717, 1.165) is 36.7 Å². The van der Waals surface area contributed by atoms with Crippen molar-refractivity contribution in [1.82, 2.24) is 0 Å². The monoisotopic (exact) mass is 306 g/mol. The maximum Gasteiger partial charge on any atom is 0.156 e. The molecule has 0 aromatic heterocycles. The van der Waals surface area contributed by atoms with Gasteiger partial charge in [-0.3, -0.25) is 0 Å². The van der Waals surface area contributed by atoms with Crippen molar-refractivity contribution >= 4 is 9.76 Å². The van der Waals surface area contributed by atoms with Crippen LogP contribution in [0, 0.1) is 5.92 Å². The van der Waals surface area contributed by atoms with Crippen molar-refractivity contribution in [2.24, 2.45) is 5.92 Å². The van der Waals surface area contributed by atoms with Gasteiger partial charge in [0.05, 0.1) is 6.61 Å². The van der Waals surface area contributed by atoms with Crippen LogP contribution < -0.4 is 4.74 Å². The van der Waals surface area contributed by atoms with Crippen LogP contribution >= 0.6 is 0 Å². The third kappa shape index (κ3) is 5.48. The third-order valence-electron chi connectivity index (χ3n) is 4.72. The smallest absolute Gasteiger partial charge is 0.156 e. The standard InChI is InChI=1S/C18H30O2Si/c1-2-4-15-5-7-16(8-6-15)17-9-11-18(12-10-17)20-13-3-14-21-19/h9-12,15-16,19H,2-8,13-14,21H2,1H3. The van der Waals surface area contributed by atoms with Gasteiger partial charge in [-0.2, -0.15) is 0 Å². The molecular formula is C18H30O2Si. The van der Waals surface area contributed by atoms with E-state index in [2.05, 4.69) is 31.2 Å². The summed E-state index contributed by atoms with van der Waals surface area (Å²) in [7, 11) is -0.795. The van der Waals surface area contributed by atoms with Gasteiger partial charge in [-0.1, -0.05) is 31.9 Å². The molecule has 0 amide bonds. The zero-order chi connectivity index (χ0) is 14.9. The average Bonchev–Trinajstić information content (AvgIpc) is 2.53. The van der Waals surface area contributed by atoms with Crippen molar-refractivity contribution in [3.05, 3.63) is 29.8 Å². The molecule has 1 aliphatic rings. The summed E-state index contributed by atoms with van der Waals surface area (Å²) >= 11 is 0. The summed E-state index contributed by atoms with van der Waals surface area (Å²) in [5.74, 6) is 2.70. The molecule has 3 heteroatoms. The second kappa shape index (κ2) is 9.26. The van der Waals surface area contributed by atoms with Crippen molar-refractivity contribution in [1.29, 1.82) is 0 Å². The Hall–Kier alpha value is -0.803. The van der Waals surface area contributed by atoms with Crippen LogP contribution in [0.4, 0.5) is 0 Å². The van der Waals surface area contributed by atoms with Crippen molar-refractivity contribution in [3.8, 4) is 5.75 Å². The first-order valence-corrected chi connectivity index (χ1v) is 10.3.